The first kappa shape index (κ1) is 7.70. The Morgan fingerprint density at radius 3 is 2.92 bits per heavy atom. The number of nitrogens with one attached hydrogen (secondary N) is 2. The molecule has 1 aromatic heterocycles. The Bertz CT molecular complexity index is 274. The second-order valence-electron chi connectivity index (χ2n) is 2.62. The van der Waals surface area contributed by atoms with Crippen LogP contribution in [0.5, 0.6) is 0 Å². The van der Waals surface area contributed by atoms with Gasteiger partial charge in [-0.05, 0) is 24.4 Å². The molecule has 1 fully saturated rings. The van der Waals surface area contributed by atoms with Crippen LogP contribution in [0.3, 0.4) is 0 Å². The van der Waals surface area contributed by atoms with Crippen LogP contribution in [0.1, 0.15) is 12.8 Å². The quantitative estimate of drug-likeness (QED) is 0.676. The van der Waals surface area contributed by atoms with E-state index in [1.165, 1.54) is 19.2 Å². The number of anilines is 1. The zero-order valence-electron chi connectivity index (χ0n) is 6.29. The lowest BCUT2D eigenvalue weighted by molar-refractivity contribution is 0.776. The number of halogens is 1. The number of aromatic nitrogens is 3. The number of hydrazine groups is 1. The first-order chi connectivity index (χ1) is 5.84. The van der Waals surface area contributed by atoms with Crippen LogP contribution in [0.2, 0.25) is 5.28 Å². The molecule has 0 aliphatic heterocycles. The lowest BCUT2D eigenvalue weighted by Gasteiger charge is -2.03. The highest BCUT2D eigenvalue weighted by molar-refractivity contribution is 6.28. The molecule has 6 heteroatoms. The molecule has 0 radical (unpaired) electrons. The van der Waals surface area contributed by atoms with Crippen molar-refractivity contribution in [3.8, 4) is 0 Å². The third kappa shape index (κ3) is 2.02. The molecule has 64 valence electrons. The minimum absolute atomic E-state index is 0.199. The van der Waals surface area contributed by atoms with Crippen molar-refractivity contribution in [2.75, 3.05) is 5.43 Å². The Hall–Kier alpha value is -0.940. The molecular formula is C6H8ClN5. The summed E-state index contributed by atoms with van der Waals surface area (Å²) in [7, 11) is 0. The lowest BCUT2D eigenvalue weighted by Crippen LogP contribution is -2.25. The zero-order valence-corrected chi connectivity index (χ0v) is 7.04. The van der Waals surface area contributed by atoms with E-state index in [0.29, 0.717) is 12.0 Å². The van der Waals surface area contributed by atoms with Gasteiger partial charge in [0.15, 0.2) is 0 Å². The first-order valence-electron chi connectivity index (χ1n) is 3.70. The molecule has 0 amide bonds. The third-order valence-electron chi connectivity index (χ3n) is 1.51. The highest BCUT2D eigenvalue weighted by Gasteiger charge is 2.20. The van der Waals surface area contributed by atoms with E-state index >= 15 is 0 Å². The van der Waals surface area contributed by atoms with E-state index in [9.17, 15) is 0 Å². The zero-order chi connectivity index (χ0) is 8.39. The Morgan fingerprint density at radius 1 is 1.42 bits per heavy atom. The van der Waals surface area contributed by atoms with Crippen LogP contribution in [0.4, 0.5) is 5.95 Å². The van der Waals surface area contributed by atoms with Gasteiger partial charge in [0.05, 0.1) is 0 Å². The summed E-state index contributed by atoms with van der Waals surface area (Å²) in [5.41, 5.74) is 5.89. The van der Waals surface area contributed by atoms with Gasteiger partial charge < -0.3 is 0 Å². The fourth-order valence-electron chi connectivity index (χ4n) is 0.731. The van der Waals surface area contributed by atoms with Crippen molar-refractivity contribution < 1.29 is 0 Å². The fraction of sp³-hybridized carbons (Fsp3) is 0.500. The smallest absolute Gasteiger partial charge is 0.241 e. The summed E-state index contributed by atoms with van der Waals surface area (Å²) in [4.78, 5) is 11.4. The standard InChI is InChI=1S/C6H8ClN5/c7-5-8-3-9-6(10-5)12-11-4-1-2-4/h3-4,11H,1-2H2,(H,8,9,10,12). The van der Waals surface area contributed by atoms with E-state index in [0.717, 1.165) is 0 Å². The van der Waals surface area contributed by atoms with Gasteiger partial charge in [0.25, 0.3) is 0 Å². The Labute approximate surface area is 74.6 Å². The van der Waals surface area contributed by atoms with E-state index in [2.05, 4.69) is 25.8 Å². The predicted molar refractivity (Wildman–Crippen MR) is 44.6 cm³/mol. The molecule has 1 saturated carbocycles. The molecule has 0 unspecified atom stereocenters. The molecule has 1 aliphatic carbocycles. The summed E-state index contributed by atoms with van der Waals surface area (Å²) in [6, 6.07) is 0.556. The number of hydrogen-bond donors (Lipinski definition) is 2. The van der Waals surface area contributed by atoms with Gasteiger partial charge in [-0.1, -0.05) is 0 Å². The summed E-state index contributed by atoms with van der Waals surface area (Å²) in [6.07, 6.45) is 3.77. The second kappa shape index (κ2) is 3.20. The van der Waals surface area contributed by atoms with Crippen LogP contribution in [0.15, 0.2) is 6.33 Å². The van der Waals surface area contributed by atoms with Gasteiger partial charge in [0, 0.05) is 6.04 Å². The lowest BCUT2D eigenvalue weighted by atomic mass is 10.8. The van der Waals surface area contributed by atoms with E-state index in [4.69, 9.17) is 11.6 Å². The van der Waals surface area contributed by atoms with Crippen molar-refractivity contribution in [3.05, 3.63) is 11.6 Å². The number of nitrogens with zero attached hydrogens (tertiary/aromatic N) is 3. The maximum atomic E-state index is 5.55. The topological polar surface area (TPSA) is 62.7 Å². The maximum absolute atomic E-state index is 5.55. The largest absolute Gasteiger partial charge is 0.289 e. The van der Waals surface area contributed by atoms with E-state index in [1.54, 1.807) is 0 Å². The van der Waals surface area contributed by atoms with Gasteiger partial charge >= 0.3 is 0 Å². The molecule has 1 heterocycles. The minimum Gasteiger partial charge on any atom is -0.289 e. The minimum atomic E-state index is 0.199. The molecule has 0 saturated heterocycles. The fourth-order valence-corrected chi connectivity index (χ4v) is 0.855. The van der Waals surface area contributed by atoms with E-state index < -0.39 is 0 Å². The summed E-state index contributed by atoms with van der Waals surface area (Å²) < 4.78 is 0. The predicted octanol–water partition coefficient (Wildman–Crippen LogP) is 0.604. The van der Waals surface area contributed by atoms with Gasteiger partial charge in [-0.2, -0.15) is 4.98 Å². The normalized spacial score (nSPS) is 16.1. The van der Waals surface area contributed by atoms with Gasteiger partial charge in [0.2, 0.25) is 11.2 Å². The second-order valence-corrected chi connectivity index (χ2v) is 2.96. The van der Waals surface area contributed by atoms with Crippen molar-refractivity contribution >= 4 is 17.5 Å². The van der Waals surface area contributed by atoms with Crippen LogP contribution in [-0.4, -0.2) is 21.0 Å². The highest BCUT2D eigenvalue weighted by atomic mass is 35.5. The summed E-state index contributed by atoms with van der Waals surface area (Å²) >= 11 is 5.55. The van der Waals surface area contributed by atoms with Crippen molar-refractivity contribution in [1.82, 2.24) is 20.4 Å². The van der Waals surface area contributed by atoms with Gasteiger partial charge in [-0.25, -0.2) is 15.4 Å². The monoisotopic (exact) mass is 185 g/mol. The SMILES string of the molecule is Clc1ncnc(NNC2CC2)n1. The highest BCUT2D eigenvalue weighted by Crippen LogP contribution is 2.18. The third-order valence-corrected chi connectivity index (χ3v) is 1.69. The van der Waals surface area contributed by atoms with Gasteiger partial charge in [-0.3, -0.25) is 5.43 Å². The molecule has 0 aromatic carbocycles. The van der Waals surface area contributed by atoms with E-state index in [-0.39, 0.29) is 5.28 Å². The number of rotatable bonds is 3. The summed E-state index contributed by atoms with van der Waals surface area (Å²) in [6.45, 7) is 0. The molecule has 2 rings (SSSR count). The molecular weight excluding hydrogens is 178 g/mol. The van der Waals surface area contributed by atoms with Gasteiger partial charge in [-0.15, -0.1) is 0 Å². The van der Waals surface area contributed by atoms with Crippen LogP contribution in [0.25, 0.3) is 0 Å². The van der Waals surface area contributed by atoms with Crippen molar-refractivity contribution in [3.63, 3.8) is 0 Å². The molecule has 0 atom stereocenters. The average molecular weight is 186 g/mol. The molecule has 2 N–H and O–H groups in total. The van der Waals surface area contributed by atoms with Crippen molar-refractivity contribution in [2.24, 2.45) is 0 Å². The molecule has 1 aliphatic rings. The molecule has 1 aromatic rings. The Kier molecular flexibility index (Phi) is 2.05. The molecule has 0 bridgehead atoms. The van der Waals surface area contributed by atoms with Gasteiger partial charge in [0.1, 0.15) is 6.33 Å². The first-order valence-corrected chi connectivity index (χ1v) is 4.08. The van der Waals surface area contributed by atoms with Crippen LogP contribution in [-0.2, 0) is 0 Å². The van der Waals surface area contributed by atoms with Crippen molar-refractivity contribution in [1.29, 1.82) is 0 Å². The molecule has 5 nitrogen and oxygen atoms in total. The maximum Gasteiger partial charge on any atom is 0.241 e. The Morgan fingerprint density at radius 2 is 2.25 bits per heavy atom. The Balaban J connectivity index is 1.92. The average Bonchev–Trinajstić information content (AvgIpc) is 2.84. The van der Waals surface area contributed by atoms with Crippen LogP contribution < -0.4 is 10.9 Å². The molecule has 0 spiro atoms. The van der Waals surface area contributed by atoms with Crippen LogP contribution >= 0.6 is 11.6 Å². The van der Waals surface area contributed by atoms with Crippen molar-refractivity contribution in [2.45, 2.75) is 18.9 Å². The van der Waals surface area contributed by atoms with E-state index in [1.807, 2.05) is 0 Å². The summed E-state index contributed by atoms with van der Waals surface area (Å²) in [5.74, 6) is 0.460. The summed E-state index contributed by atoms with van der Waals surface area (Å²) in [5, 5.41) is 0.199. The molecule has 12 heavy (non-hydrogen) atoms. The van der Waals surface area contributed by atoms with Crippen LogP contribution in [0, 0.1) is 0 Å². The number of hydrogen-bond acceptors (Lipinski definition) is 5.